The van der Waals surface area contributed by atoms with E-state index in [1.54, 1.807) is 0 Å². The Kier molecular flexibility index (Phi) is 5.53. The van der Waals surface area contributed by atoms with Crippen LogP contribution in [0.4, 0.5) is 0 Å². The topological polar surface area (TPSA) is 74.4 Å². The number of hydrogen-bond donors (Lipinski definition) is 3. The first-order valence-electron chi connectivity index (χ1n) is 8.79. The number of amides is 1. The average molecular weight is 330 g/mol. The SMILES string of the molecule is CC[C@@H]1C[C@H](C(=O)N[C@@H](CO)Cc2c[nH]c3ccccc23)CCO1. The summed E-state index contributed by atoms with van der Waals surface area (Å²) < 4.78 is 5.64. The smallest absolute Gasteiger partial charge is 0.223 e. The van der Waals surface area contributed by atoms with E-state index in [0.717, 1.165) is 35.7 Å². The first-order valence-corrected chi connectivity index (χ1v) is 8.79. The second-order valence-electron chi connectivity index (χ2n) is 6.57. The maximum Gasteiger partial charge on any atom is 0.223 e. The van der Waals surface area contributed by atoms with Crippen LogP contribution >= 0.6 is 0 Å². The molecule has 0 saturated carbocycles. The minimum atomic E-state index is -0.264. The number of nitrogens with one attached hydrogen (secondary N) is 2. The molecule has 2 aromatic rings. The standard InChI is InChI=1S/C19H26N2O3/c1-2-16-10-13(7-8-24-16)19(23)21-15(12-22)9-14-11-20-18-6-4-3-5-17(14)18/h3-6,11,13,15-16,20,22H,2,7-10,12H2,1H3,(H,21,23)/t13-,15-,16-/m1/s1. The van der Waals surface area contributed by atoms with Crippen molar-refractivity contribution in [3.8, 4) is 0 Å². The van der Waals surface area contributed by atoms with Crippen molar-refractivity contribution in [2.45, 2.75) is 44.8 Å². The van der Waals surface area contributed by atoms with Crippen LogP contribution in [0.5, 0.6) is 0 Å². The Morgan fingerprint density at radius 1 is 1.46 bits per heavy atom. The molecule has 3 N–H and O–H groups in total. The first kappa shape index (κ1) is 17.0. The van der Waals surface area contributed by atoms with Gasteiger partial charge in [0.2, 0.25) is 5.91 Å². The number of H-pyrrole nitrogens is 1. The second-order valence-corrected chi connectivity index (χ2v) is 6.57. The molecule has 24 heavy (non-hydrogen) atoms. The third-order valence-electron chi connectivity index (χ3n) is 4.90. The van der Waals surface area contributed by atoms with Gasteiger partial charge in [-0.05, 0) is 37.3 Å². The third kappa shape index (κ3) is 3.79. The number of aliphatic hydroxyl groups excluding tert-OH is 1. The quantitative estimate of drug-likeness (QED) is 0.761. The van der Waals surface area contributed by atoms with E-state index in [4.69, 9.17) is 4.74 Å². The lowest BCUT2D eigenvalue weighted by Crippen LogP contribution is -2.44. The van der Waals surface area contributed by atoms with Crippen LogP contribution in [-0.4, -0.2) is 41.4 Å². The maximum absolute atomic E-state index is 12.5. The summed E-state index contributed by atoms with van der Waals surface area (Å²) in [6.07, 6.45) is 5.22. The number of hydrogen-bond acceptors (Lipinski definition) is 3. The third-order valence-corrected chi connectivity index (χ3v) is 4.90. The van der Waals surface area contributed by atoms with Crippen LogP contribution in [0.1, 0.15) is 31.7 Å². The van der Waals surface area contributed by atoms with Gasteiger partial charge >= 0.3 is 0 Å². The van der Waals surface area contributed by atoms with Crippen molar-refractivity contribution < 1.29 is 14.6 Å². The van der Waals surface area contributed by atoms with Gasteiger partial charge in [0.05, 0.1) is 18.8 Å². The molecule has 1 aromatic carbocycles. The van der Waals surface area contributed by atoms with Crippen LogP contribution in [0.15, 0.2) is 30.5 Å². The van der Waals surface area contributed by atoms with E-state index < -0.39 is 0 Å². The summed E-state index contributed by atoms with van der Waals surface area (Å²) in [6.45, 7) is 2.66. The zero-order valence-corrected chi connectivity index (χ0v) is 14.1. The van der Waals surface area contributed by atoms with Crippen LogP contribution in [0.25, 0.3) is 10.9 Å². The molecule has 1 fully saturated rings. The summed E-state index contributed by atoms with van der Waals surface area (Å²) in [5, 5.41) is 13.9. The van der Waals surface area contributed by atoms with Crippen molar-refractivity contribution in [3.63, 3.8) is 0 Å². The van der Waals surface area contributed by atoms with Gasteiger partial charge in [-0.25, -0.2) is 0 Å². The fraction of sp³-hybridized carbons (Fsp3) is 0.526. The second kappa shape index (κ2) is 7.81. The Bertz CT molecular complexity index is 682. The first-order chi connectivity index (χ1) is 11.7. The number of ether oxygens (including phenoxy) is 1. The van der Waals surface area contributed by atoms with Crippen molar-refractivity contribution in [1.29, 1.82) is 0 Å². The molecule has 3 atom stereocenters. The number of carbonyl (C=O) groups excluding carboxylic acids is 1. The summed E-state index contributed by atoms with van der Waals surface area (Å²) >= 11 is 0. The van der Waals surface area contributed by atoms with Crippen LogP contribution in [0.2, 0.25) is 0 Å². The van der Waals surface area contributed by atoms with Crippen molar-refractivity contribution in [1.82, 2.24) is 10.3 Å². The van der Waals surface area contributed by atoms with Gasteiger partial charge in [0.15, 0.2) is 0 Å². The fourth-order valence-corrected chi connectivity index (χ4v) is 3.45. The molecule has 0 radical (unpaired) electrons. The molecule has 0 unspecified atom stereocenters. The Balaban J connectivity index is 1.63. The van der Waals surface area contributed by atoms with Gasteiger partial charge in [-0.15, -0.1) is 0 Å². The molecule has 5 heteroatoms. The minimum absolute atomic E-state index is 0.0132. The lowest BCUT2D eigenvalue weighted by Gasteiger charge is -2.29. The molecule has 1 aromatic heterocycles. The van der Waals surface area contributed by atoms with Gasteiger partial charge in [0, 0.05) is 29.6 Å². The highest BCUT2D eigenvalue weighted by atomic mass is 16.5. The van der Waals surface area contributed by atoms with Gasteiger partial charge in [0.1, 0.15) is 0 Å². The molecule has 0 spiro atoms. The number of rotatable bonds is 6. The van der Waals surface area contributed by atoms with Crippen LogP contribution in [-0.2, 0) is 16.0 Å². The molecule has 0 bridgehead atoms. The van der Waals surface area contributed by atoms with E-state index in [9.17, 15) is 9.90 Å². The molecule has 5 nitrogen and oxygen atoms in total. The highest BCUT2D eigenvalue weighted by molar-refractivity contribution is 5.83. The van der Waals surface area contributed by atoms with Crippen molar-refractivity contribution in [2.24, 2.45) is 5.92 Å². The van der Waals surface area contributed by atoms with Crippen LogP contribution in [0, 0.1) is 5.92 Å². The zero-order valence-electron chi connectivity index (χ0n) is 14.1. The Labute approximate surface area is 142 Å². The Hall–Kier alpha value is -1.85. The van der Waals surface area contributed by atoms with E-state index >= 15 is 0 Å². The molecular formula is C19H26N2O3. The van der Waals surface area contributed by atoms with E-state index in [0.29, 0.717) is 13.0 Å². The molecule has 1 aliphatic heterocycles. The molecular weight excluding hydrogens is 304 g/mol. The Morgan fingerprint density at radius 2 is 2.29 bits per heavy atom. The molecule has 1 aliphatic rings. The summed E-state index contributed by atoms with van der Waals surface area (Å²) in [7, 11) is 0. The van der Waals surface area contributed by atoms with Crippen molar-refractivity contribution in [3.05, 3.63) is 36.0 Å². The number of aromatic nitrogens is 1. The van der Waals surface area contributed by atoms with Gasteiger partial charge < -0.3 is 20.1 Å². The largest absolute Gasteiger partial charge is 0.394 e. The predicted octanol–water partition coefficient (Wildman–Crippen LogP) is 2.39. The maximum atomic E-state index is 12.5. The monoisotopic (exact) mass is 330 g/mol. The normalized spacial score (nSPS) is 22.4. The fourth-order valence-electron chi connectivity index (χ4n) is 3.45. The van der Waals surface area contributed by atoms with Crippen LogP contribution in [0.3, 0.4) is 0 Å². The predicted molar refractivity (Wildman–Crippen MR) is 93.8 cm³/mol. The lowest BCUT2D eigenvalue weighted by molar-refractivity contribution is -0.131. The zero-order chi connectivity index (χ0) is 16.9. The molecule has 1 amide bonds. The summed E-state index contributed by atoms with van der Waals surface area (Å²) in [5.41, 5.74) is 2.19. The van der Waals surface area contributed by atoms with Crippen LogP contribution < -0.4 is 5.32 Å². The van der Waals surface area contributed by atoms with E-state index in [1.165, 1.54) is 0 Å². The van der Waals surface area contributed by atoms with E-state index in [1.807, 2.05) is 24.4 Å². The average Bonchev–Trinajstić information content (AvgIpc) is 3.04. The van der Waals surface area contributed by atoms with Gasteiger partial charge in [-0.2, -0.15) is 0 Å². The Morgan fingerprint density at radius 3 is 3.08 bits per heavy atom. The molecule has 1 saturated heterocycles. The lowest BCUT2D eigenvalue weighted by atomic mass is 9.93. The summed E-state index contributed by atoms with van der Waals surface area (Å²) in [4.78, 5) is 15.8. The molecule has 3 rings (SSSR count). The highest BCUT2D eigenvalue weighted by Gasteiger charge is 2.28. The molecule has 2 heterocycles. The molecule has 130 valence electrons. The van der Waals surface area contributed by atoms with E-state index in [-0.39, 0.29) is 30.6 Å². The summed E-state index contributed by atoms with van der Waals surface area (Å²) in [5.74, 6) is 0.0244. The number of aliphatic hydroxyl groups is 1. The number of para-hydroxylation sites is 1. The highest BCUT2D eigenvalue weighted by Crippen LogP contribution is 2.23. The van der Waals surface area contributed by atoms with Gasteiger partial charge in [0.25, 0.3) is 0 Å². The molecule has 0 aliphatic carbocycles. The van der Waals surface area contributed by atoms with Crippen molar-refractivity contribution >= 4 is 16.8 Å². The van der Waals surface area contributed by atoms with Gasteiger partial charge in [-0.3, -0.25) is 4.79 Å². The number of benzene rings is 1. The minimum Gasteiger partial charge on any atom is -0.394 e. The van der Waals surface area contributed by atoms with E-state index in [2.05, 4.69) is 23.3 Å². The summed E-state index contributed by atoms with van der Waals surface area (Å²) in [6, 6.07) is 7.81. The number of fused-ring (bicyclic) bond motifs is 1. The number of carbonyl (C=O) groups is 1. The van der Waals surface area contributed by atoms with Crippen molar-refractivity contribution in [2.75, 3.05) is 13.2 Å². The van der Waals surface area contributed by atoms with Gasteiger partial charge in [-0.1, -0.05) is 25.1 Å². The number of aromatic amines is 1.